The number of carboxylic acid groups (broad SMARTS) is 2. The lowest BCUT2D eigenvalue weighted by molar-refractivity contribution is -0.386. The molecule has 2 aromatic heterocycles. The molecule has 0 aliphatic carbocycles. The van der Waals surface area contributed by atoms with Gasteiger partial charge in [0.05, 0.1) is 32.2 Å². The number of aryl methyl sites for hydroxylation is 1. The molecule has 0 aliphatic rings. The molecule has 36 heavy (non-hydrogen) atoms. The number of aliphatic carboxylic acids is 2. The monoisotopic (exact) mass is 528 g/mol. The first-order chi connectivity index (χ1) is 17.0. The summed E-state index contributed by atoms with van der Waals surface area (Å²) in [5.74, 6) is -4.12. The standard InChI is InChI=1S/C24H18Cl2N4O6/c1-12(14-3-5-15(6-4-14)29-13(2)28-19-11-27-8-7-20(19)29)24(22(31)32,23(33)34)16-9-17(25)18(26)10-21(16)30(35)36/h3-12H,1-2H3,(H,31,32)(H,33,34). The minimum Gasteiger partial charge on any atom is -0.480 e. The van der Waals surface area contributed by atoms with Crippen LogP contribution in [0.25, 0.3) is 16.7 Å². The number of benzene rings is 2. The number of hydrogen-bond donors (Lipinski definition) is 2. The van der Waals surface area contributed by atoms with Crippen molar-refractivity contribution in [1.29, 1.82) is 0 Å². The topological polar surface area (TPSA) is 148 Å². The first kappa shape index (κ1) is 25.1. The van der Waals surface area contributed by atoms with Crippen LogP contribution in [0.15, 0.2) is 54.9 Å². The lowest BCUT2D eigenvalue weighted by Gasteiger charge is -2.32. The maximum atomic E-state index is 12.6. The van der Waals surface area contributed by atoms with Crippen molar-refractivity contribution >= 4 is 51.9 Å². The number of nitro benzene ring substituents is 1. The number of rotatable bonds is 7. The van der Waals surface area contributed by atoms with Crippen LogP contribution in [0.2, 0.25) is 10.0 Å². The molecule has 2 aromatic carbocycles. The molecule has 1 unspecified atom stereocenters. The summed E-state index contributed by atoms with van der Waals surface area (Å²) >= 11 is 12.0. The van der Waals surface area contributed by atoms with Gasteiger partial charge in [-0.1, -0.05) is 42.3 Å². The smallest absolute Gasteiger partial charge is 0.326 e. The highest BCUT2D eigenvalue weighted by Crippen LogP contribution is 2.46. The Kier molecular flexibility index (Phi) is 6.42. The van der Waals surface area contributed by atoms with Crippen LogP contribution in [0.4, 0.5) is 5.69 Å². The van der Waals surface area contributed by atoms with Gasteiger partial charge in [0.2, 0.25) is 5.41 Å². The van der Waals surface area contributed by atoms with E-state index in [1.54, 1.807) is 42.7 Å². The third kappa shape index (κ3) is 3.84. The Labute approximate surface area is 213 Å². The molecule has 1 atom stereocenters. The summed E-state index contributed by atoms with van der Waals surface area (Å²) in [5, 5.41) is 31.8. The minimum atomic E-state index is -2.73. The van der Waals surface area contributed by atoms with Crippen molar-refractivity contribution in [2.75, 3.05) is 0 Å². The number of aromatic nitrogens is 3. The lowest BCUT2D eigenvalue weighted by atomic mass is 9.67. The molecule has 0 radical (unpaired) electrons. The number of carbonyl (C=O) groups is 2. The van der Waals surface area contributed by atoms with Crippen molar-refractivity contribution in [3.63, 3.8) is 0 Å². The Morgan fingerprint density at radius 3 is 2.28 bits per heavy atom. The maximum Gasteiger partial charge on any atom is 0.326 e. The summed E-state index contributed by atoms with van der Waals surface area (Å²) in [7, 11) is 0. The third-order valence-corrected chi connectivity index (χ3v) is 6.98. The van der Waals surface area contributed by atoms with E-state index in [1.807, 2.05) is 11.5 Å². The SMILES string of the molecule is Cc1nc2cnccc2n1-c1ccc(C(C)C(C(=O)O)(C(=O)O)c2cc(Cl)c(Cl)cc2[N+](=O)[O-])cc1. The highest BCUT2D eigenvalue weighted by molar-refractivity contribution is 6.42. The van der Waals surface area contributed by atoms with Crippen LogP contribution in [0.5, 0.6) is 0 Å². The molecule has 10 nitrogen and oxygen atoms in total. The van der Waals surface area contributed by atoms with Crippen LogP contribution in [0.3, 0.4) is 0 Å². The molecule has 4 aromatic rings. The predicted octanol–water partition coefficient (Wildman–Crippen LogP) is 5.15. The lowest BCUT2D eigenvalue weighted by Crippen LogP contribution is -2.48. The molecular weight excluding hydrogens is 511 g/mol. The second kappa shape index (κ2) is 9.21. The summed E-state index contributed by atoms with van der Waals surface area (Å²) in [5.41, 5.74) is -1.55. The van der Waals surface area contributed by atoms with Gasteiger partial charge in [0, 0.05) is 23.9 Å². The molecule has 2 N–H and O–H groups in total. The van der Waals surface area contributed by atoms with E-state index < -0.39 is 39.4 Å². The number of pyridine rings is 1. The van der Waals surface area contributed by atoms with Crippen LogP contribution in [-0.4, -0.2) is 41.6 Å². The fourth-order valence-electron chi connectivity index (χ4n) is 4.47. The van der Waals surface area contributed by atoms with E-state index in [-0.39, 0.29) is 10.0 Å². The summed E-state index contributed by atoms with van der Waals surface area (Å²) in [4.78, 5) is 44.6. The average molecular weight is 529 g/mol. The molecule has 0 bridgehead atoms. The number of halogens is 2. The third-order valence-electron chi connectivity index (χ3n) is 6.26. The Bertz CT molecular complexity index is 1520. The minimum absolute atomic E-state index is 0.202. The van der Waals surface area contributed by atoms with Crippen molar-refractivity contribution in [2.45, 2.75) is 25.2 Å². The Morgan fingerprint density at radius 1 is 1.08 bits per heavy atom. The molecule has 4 rings (SSSR count). The van der Waals surface area contributed by atoms with E-state index in [4.69, 9.17) is 23.2 Å². The molecule has 0 aliphatic heterocycles. The fourth-order valence-corrected chi connectivity index (χ4v) is 4.79. The van der Waals surface area contributed by atoms with Crippen LogP contribution in [0.1, 0.15) is 29.8 Å². The van der Waals surface area contributed by atoms with Crippen molar-refractivity contribution in [2.24, 2.45) is 0 Å². The van der Waals surface area contributed by atoms with Crippen LogP contribution >= 0.6 is 23.2 Å². The van der Waals surface area contributed by atoms with Gasteiger partial charge < -0.3 is 10.2 Å². The summed E-state index contributed by atoms with van der Waals surface area (Å²) < 4.78 is 1.87. The van der Waals surface area contributed by atoms with Gasteiger partial charge in [-0.3, -0.25) is 29.3 Å². The highest BCUT2D eigenvalue weighted by atomic mass is 35.5. The molecule has 0 fully saturated rings. The molecule has 0 saturated carbocycles. The quantitative estimate of drug-likeness (QED) is 0.190. The van der Waals surface area contributed by atoms with E-state index in [0.29, 0.717) is 22.6 Å². The van der Waals surface area contributed by atoms with Gasteiger partial charge in [0.25, 0.3) is 5.69 Å². The van der Waals surface area contributed by atoms with Crippen molar-refractivity contribution < 1.29 is 24.7 Å². The maximum absolute atomic E-state index is 12.6. The van der Waals surface area contributed by atoms with Crippen molar-refractivity contribution in [3.8, 4) is 5.69 Å². The number of nitro groups is 1. The molecule has 0 saturated heterocycles. The van der Waals surface area contributed by atoms with Gasteiger partial charge in [-0.15, -0.1) is 0 Å². The first-order valence-corrected chi connectivity index (χ1v) is 11.3. The van der Waals surface area contributed by atoms with Gasteiger partial charge >= 0.3 is 11.9 Å². The predicted molar refractivity (Wildman–Crippen MR) is 132 cm³/mol. The average Bonchev–Trinajstić information content (AvgIpc) is 3.16. The number of carboxylic acids is 2. The van der Waals surface area contributed by atoms with Crippen LogP contribution in [-0.2, 0) is 15.0 Å². The van der Waals surface area contributed by atoms with Gasteiger partial charge in [0.1, 0.15) is 11.3 Å². The van der Waals surface area contributed by atoms with Gasteiger partial charge in [-0.05, 0) is 36.8 Å². The number of fused-ring (bicyclic) bond motifs is 1. The van der Waals surface area contributed by atoms with E-state index in [9.17, 15) is 29.9 Å². The zero-order valence-electron chi connectivity index (χ0n) is 18.8. The fraction of sp³-hybridized carbons (Fsp3) is 0.167. The second-order valence-electron chi connectivity index (χ2n) is 8.13. The van der Waals surface area contributed by atoms with Crippen molar-refractivity contribution in [3.05, 3.63) is 92.0 Å². The van der Waals surface area contributed by atoms with Gasteiger partial charge in [0.15, 0.2) is 0 Å². The van der Waals surface area contributed by atoms with Gasteiger partial charge in [-0.25, -0.2) is 4.98 Å². The molecular formula is C24H18Cl2N4O6. The molecule has 12 heteroatoms. The van der Waals surface area contributed by atoms with E-state index in [0.717, 1.165) is 17.6 Å². The zero-order valence-corrected chi connectivity index (χ0v) is 20.4. The largest absolute Gasteiger partial charge is 0.480 e. The summed E-state index contributed by atoms with van der Waals surface area (Å²) in [6.07, 6.45) is 3.27. The molecule has 0 spiro atoms. The Balaban J connectivity index is 1.88. The second-order valence-corrected chi connectivity index (χ2v) is 8.95. The van der Waals surface area contributed by atoms with Crippen LogP contribution in [0, 0.1) is 17.0 Å². The molecule has 184 valence electrons. The van der Waals surface area contributed by atoms with E-state index in [2.05, 4.69) is 9.97 Å². The van der Waals surface area contributed by atoms with Crippen molar-refractivity contribution in [1.82, 2.24) is 14.5 Å². The Morgan fingerprint density at radius 2 is 1.69 bits per heavy atom. The number of imidazole rings is 1. The van der Waals surface area contributed by atoms with E-state index >= 15 is 0 Å². The normalized spacial score (nSPS) is 12.4. The van der Waals surface area contributed by atoms with Gasteiger partial charge in [-0.2, -0.15) is 0 Å². The van der Waals surface area contributed by atoms with Crippen LogP contribution < -0.4 is 0 Å². The summed E-state index contributed by atoms with van der Waals surface area (Å²) in [6.45, 7) is 3.20. The number of nitrogens with zero attached hydrogens (tertiary/aromatic N) is 4. The first-order valence-electron chi connectivity index (χ1n) is 10.5. The highest BCUT2D eigenvalue weighted by Gasteiger charge is 2.56. The molecule has 2 heterocycles. The molecule has 0 amide bonds. The Hall–Kier alpha value is -4.02. The number of hydrogen-bond acceptors (Lipinski definition) is 6. The zero-order chi connectivity index (χ0) is 26.4. The van der Waals surface area contributed by atoms with E-state index in [1.165, 1.54) is 6.92 Å². The summed E-state index contributed by atoms with van der Waals surface area (Å²) in [6, 6.07) is 10.1.